The quantitative estimate of drug-likeness (QED) is 0.723. The number of hydrogen-bond acceptors (Lipinski definition) is 2. The van der Waals surface area contributed by atoms with Gasteiger partial charge in [0.25, 0.3) is 0 Å². The fraction of sp³-hybridized carbons (Fsp3) is 0.917. The zero-order chi connectivity index (χ0) is 14.5. The number of alkyl halides is 3. The average molecular weight is 282 g/mol. The van der Waals surface area contributed by atoms with Crippen LogP contribution in [0.25, 0.3) is 0 Å². The molecule has 0 unspecified atom stereocenters. The van der Waals surface area contributed by atoms with Crippen molar-refractivity contribution in [3.63, 3.8) is 0 Å². The Kier molecular flexibility index (Phi) is 5.90. The Balaban J connectivity index is 2.59. The molecule has 0 radical (unpaired) electrons. The van der Waals surface area contributed by atoms with E-state index in [-0.39, 0.29) is 6.61 Å². The highest BCUT2D eigenvalue weighted by atomic mass is 19.4. The average Bonchev–Trinajstić information content (AvgIpc) is 2.85. The highest BCUT2D eigenvalue weighted by molar-refractivity contribution is 5.74. The van der Waals surface area contributed by atoms with Crippen molar-refractivity contribution in [1.82, 2.24) is 10.6 Å². The number of aliphatic hydroxyl groups excluding tert-OH is 1. The van der Waals surface area contributed by atoms with Crippen LogP contribution in [0.4, 0.5) is 18.0 Å². The number of rotatable bonds is 5. The minimum atomic E-state index is -4.44. The molecule has 112 valence electrons. The summed E-state index contributed by atoms with van der Waals surface area (Å²) >= 11 is 0. The monoisotopic (exact) mass is 282 g/mol. The predicted octanol–water partition coefficient (Wildman–Crippen LogP) is 2.18. The summed E-state index contributed by atoms with van der Waals surface area (Å²) in [4.78, 5) is 11.6. The maximum Gasteiger partial charge on any atom is 0.408 e. The lowest BCUT2D eigenvalue weighted by molar-refractivity contribution is -0.164. The molecule has 0 aromatic rings. The van der Waals surface area contributed by atoms with Gasteiger partial charge in [-0.05, 0) is 25.2 Å². The fourth-order valence-electron chi connectivity index (χ4n) is 2.40. The number of nitrogens with one attached hydrogen (secondary N) is 2. The number of urea groups is 1. The van der Waals surface area contributed by atoms with Gasteiger partial charge in [-0.1, -0.05) is 19.8 Å². The summed E-state index contributed by atoms with van der Waals surface area (Å²) in [7, 11) is 0. The summed E-state index contributed by atoms with van der Waals surface area (Å²) in [6.07, 6.45) is -1.45. The number of aliphatic hydroxyl groups is 1. The summed E-state index contributed by atoms with van der Waals surface area (Å²) in [5.74, 6) is -0.542. The first-order valence-corrected chi connectivity index (χ1v) is 6.63. The van der Waals surface area contributed by atoms with Crippen molar-refractivity contribution in [2.75, 3.05) is 6.61 Å². The molecule has 0 spiro atoms. The van der Waals surface area contributed by atoms with Gasteiger partial charge in [0.2, 0.25) is 0 Å². The van der Waals surface area contributed by atoms with E-state index in [1.54, 1.807) is 6.92 Å². The van der Waals surface area contributed by atoms with Crippen LogP contribution in [0.1, 0.15) is 39.0 Å². The Morgan fingerprint density at radius 1 is 1.32 bits per heavy atom. The van der Waals surface area contributed by atoms with Gasteiger partial charge in [0.1, 0.15) is 6.04 Å². The Labute approximate surface area is 110 Å². The molecule has 2 amide bonds. The number of amides is 2. The Morgan fingerprint density at radius 2 is 1.89 bits per heavy atom. The van der Waals surface area contributed by atoms with Crippen molar-refractivity contribution in [2.24, 2.45) is 5.92 Å². The standard InChI is InChI=1S/C12H21F3N2O2/c1-2-9(7-18)16-11(19)17-10(12(13,14)15)8-5-3-4-6-8/h8-10,18H,2-7H2,1H3,(H2,16,17,19)/t9-,10-/m1/s1. The maximum atomic E-state index is 12.9. The van der Waals surface area contributed by atoms with E-state index in [4.69, 9.17) is 5.11 Å². The second-order valence-electron chi connectivity index (χ2n) is 4.97. The van der Waals surface area contributed by atoms with E-state index in [1.165, 1.54) is 0 Å². The molecular weight excluding hydrogens is 261 g/mol. The molecule has 4 nitrogen and oxygen atoms in total. The lowest BCUT2D eigenvalue weighted by Gasteiger charge is -2.27. The fourth-order valence-corrected chi connectivity index (χ4v) is 2.40. The van der Waals surface area contributed by atoms with Crippen molar-refractivity contribution in [1.29, 1.82) is 0 Å². The molecule has 1 aliphatic rings. The van der Waals surface area contributed by atoms with Gasteiger partial charge >= 0.3 is 12.2 Å². The largest absolute Gasteiger partial charge is 0.408 e. The molecule has 7 heteroatoms. The van der Waals surface area contributed by atoms with Crippen LogP contribution < -0.4 is 10.6 Å². The first-order valence-electron chi connectivity index (χ1n) is 6.63. The smallest absolute Gasteiger partial charge is 0.394 e. The van der Waals surface area contributed by atoms with Gasteiger partial charge in [-0.2, -0.15) is 13.2 Å². The van der Waals surface area contributed by atoms with E-state index in [0.717, 1.165) is 12.8 Å². The van der Waals surface area contributed by atoms with Gasteiger partial charge in [-0.15, -0.1) is 0 Å². The predicted molar refractivity (Wildman–Crippen MR) is 64.6 cm³/mol. The third-order valence-electron chi connectivity index (χ3n) is 3.56. The summed E-state index contributed by atoms with van der Waals surface area (Å²) in [6.45, 7) is 1.45. The number of hydrogen-bond donors (Lipinski definition) is 3. The minimum absolute atomic E-state index is 0.288. The molecule has 0 aromatic carbocycles. The zero-order valence-corrected chi connectivity index (χ0v) is 11.0. The highest BCUT2D eigenvalue weighted by Gasteiger charge is 2.46. The van der Waals surface area contributed by atoms with Crippen LogP contribution in [0, 0.1) is 5.92 Å². The first kappa shape index (κ1) is 16.1. The molecule has 19 heavy (non-hydrogen) atoms. The SMILES string of the molecule is CC[C@H](CO)NC(=O)N[C@H](C1CCCC1)C(F)(F)F. The normalized spacial score (nSPS) is 20.1. The van der Waals surface area contributed by atoms with Crippen LogP contribution in [-0.2, 0) is 0 Å². The number of halogens is 3. The highest BCUT2D eigenvalue weighted by Crippen LogP contribution is 2.35. The molecule has 0 heterocycles. The van der Waals surface area contributed by atoms with Crippen LogP contribution in [0.5, 0.6) is 0 Å². The Morgan fingerprint density at radius 3 is 2.32 bits per heavy atom. The first-order chi connectivity index (χ1) is 8.88. The van der Waals surface area contributed by atoms with Crippen molar-refractivity contribution in [2.45, 2.75) is 57.3 Å². The van der Waals surface area contributed by atoms with E-state index in [1.807, 2.05) is 5.32 Å². The lowest BCUT2D eigenvalue weighted by atomic mass is 9.98. The molecule has 1 rings (SSSR count). The molecule has 0 bridgehead atoms. The van der Waals surface area contributed by atoms with E-state index in [0.29, 0.717) is 19.3 Å². The summed E-state index contributed by atoms with van der Waals surface area (Å²) in [6, 6.07) is -3.18. The summed E-state index contributed by atoms with van der Waals surface area (Å²) < 4.78 is 38.8. The zero-order valence-electron chi connectivity index (χ0n) is 11.0. The van der Waals surface area contributed by atoms with Crippen molar-refractivity contribution in [3.8, 4) is 0 Å². The van der Waals surface area contributed by atoms with E-state index >= 15 is 0 Å². The molecule has 1 fully saturated rings. The second-order valence-corrected chi connectivity index (χ2v) is 4.97. The van der Waals surface area contributed by atoms with Gasteiger partial charge in [0.05, 0.1) is 12.6 Å². The molecule has 0 aliphatic heterocycles. The van der Waals surface area contributed by atoms with Crippen LogP contribution in [0.2, 0.25) is 0 Å². The van der Waals surface area contributed by atoms with Gasteiger partial charge < -0.3 is 15.7 Å². The molecule has 2 atom stereocenters. The van der Waals surface area contributed by atoms with Crippen LogP contribution in [0.3, 0.4) is 0 Å². The number of carbonyl (C=O) groups excluding carboxylic acids is 1. The van der Waals surface area contributed by atoms with Crippen LogP contribution >= 0.6 is 0 Å². The van der Waals surface area contributed by atoms with Crippen LogP contribution in [0.15, 0.2) is 0 Å². The van der Waals surface area contributed by atoms with Gasteiger partial charge in [-0.3, -0.25) is 0 Å². The molecule has 0 saturated heterocycles. The minimum Gasteiger partial charge on any atom is -0.394 e. The lowest BCUT2D eigenvalue weighted by Crippen LogP contribution is -2.54. The van der Waals surface area contributed by atoms with Gasteiger partial charge in [0, 0.05) is 0 Å². The molecule has 0 aromatic heterocycles. The van der Waals surface area contributed by atoms with Crippen molar-refractivity contribution in [3.05, 3.63) is 0 Å². The Hall–Kier alpha value is -0.980. The van der Waals surface area contributed by atoms with Crippen LogP contribution in [-0.4, -0.2) is 36.0 Å². The molecule has 1 saturated carbocycles. The third-order valence-corrected chi connectivity index (χ3v) is 3.56. The topological polar surface area (TPSA) is 61.4 Å². The van der Waals surface area contributed by atoms with E-state index in [9.17, 15) is 18.0 Å². The maximum absolute atomic E-state index is 12.9. The van der Waals surface area contributed by atoms with Crippen molar-refractivity contribution < 1.29 is 23.1 Å². The third kappa shape index (κ3) is 4.89. The van der Waals surface area contributed by atoms with Crippen molar-refractivity contribution >= 4 is 6.03 Å². The van der Waals surface area contributed by atoms with E-state index < -0.39 is 30.2 Å². The van der Waals surface area contributed by atoms with Gasteiger partial charge in [0.15, 0.2) is 0 Å². The summed E-state index contributed by atoms with van der Waals surface area (Å²) in [5, 5.41) is 13.3. The molecule has 3 N–H and O–H groups in total. The molecular formula is C12H21F3N2O2. The number of carbonyl (C=O) groups is 1. The summed E-state index contributed by atoms with van der Waals surface area (Å²) in [5.41, 5.74) is 0. The van der Waals surface area contributed by atoms with E-state index in [2.05, 4.69) is 5.32 Å². The van der Waals surface area contributed by atoms with Gasteiger partial charge in [-0.25, -0.2) is 4.79 Å². The Bertz CT molecular complexity index is 287. The molecule has 1 aliphatic carbocycles. The second kappa shape index (κ2) is 6.98.